The molecule has 1 unspecified atom stereocenters. The first-order valence-corrected chi connectivity index (χ1v) is 5.60. The number of aryl methyl sites for hydroxylation is 1. The summed E-state index contributed by atoms with van der Waals surface area (Å²) in [6.07, 6.45) is 0.217. The predicted molar refractivity (Wildman–Crippen MR) is 64.4 cm³/mol. The zero-order valence-electron chi connectivity index (χ0n) is 9.92. The van der Waals surface area contributed by atoms with Crippen LogP contribution in [0.3, 0.4) is 0 Å². The molecular formula is C12H14FN3O2. The fourth-order valence-corrected chi connectivity index (χ4v) is 1.93. The van der Waals surface area contributed by atoms with Crippen molar-refractivity contribution in [2.75, 3.05) is 12.3 Å². The maximum Gasteiger partial charge on any atom is 0.254 e. The van der Waals surface area contributed by atoms with Crippen LogP contribution in [0.2, 0.25) is 0 Å². The molecule has 0 spiro atoms. The summed E-state index contributed by atoms with van der Waals surface area (Å²) in [5, 5.41) is 5.19. The van der Waals surface area contributed by atoms with Crippen LogP contribution < -0.4 is 16.4 Å². The summed E-state index contributed by atoms with van der Waals surface area (Å²) in [4.78, 5) is 22.9. The lowest BCUT2D eigenvalue weighted by molar-refractivity contribution is -0.119. The fraction of sp³-hybridized carbons (Fsp3) is 0.333. The third-order valence-electron chi connectivity index (χ3n) is 2.83. The molecule has 1 saturated heterocycles. The van der Waals surface area contributed by atoms with Crippen LogP contribution in [-0.4, -0.2) is 24.4 Å². The van der Waals surface area contributed by atoms with E-state index >= 15 is 0 Å². The van der Waals surface area contributed by atoms with E-state index in [1.807, 2.05) is 0 Å². The Morgan fingerprint density at radius 3 is 2.89 bits per heavy atom. The molecule has 1 atom stereocenters. The summed E-state index contributed by atoms with van der Waals surface area (Å²) in [5.41, 5.74) is 6.15. The summed E-state index contributed by atoms with van der Waals surface area (Å²) in [6, 6.07) is 2.46. The second-order valence-electron chi connectivity index (χ2n) is 4.38. The molecule has 1 aromatic rings. The van der Waals surface area contributed by atoms with Gasteiger partial charge in [-0.15, -0.1) is 0 Å². The largest absolute Gasteiger partial charge is 0.399 e. The molecule has 0 aromatic heterocycles. The van der Waals surface area contributed by atoms with E-state index in [0.29, 0.717) is 17.8 Å². The number of benzene rings is 1. The summed E-state index contributed by atoms with van der Waals surface area (Å²) in [6.45, 7) is 1.91. The lowest BCUT2D eigenvalue weighted by atomic mass is 10.1. The van der Waals surface area contributed by atoms with E-state index < -0.39 is 11.7 Å². The van der Waals surface area contributed by atoms with Crippen LogP contribution >= 0.6 is 0 Å². The van der Waals surface area contributed by atoms with E-state index in [1.165, 1.54) is 12.1 Å². The van der Waals surface area contributed by atoms with E-state index in [9.17, 15) is 14.0 Å². The number of nitrogens with two attached hydrogens (primary N) is 1. The van der Waals surface area contributed by atoms with Gasteiger partial charge in [-0.1, -0.05) is 0 Å². The molecule has 2 rings (SSSR count). The Hall–Kier alpha value is -2.11. The molecule has 0 radical (unpaired) electrons. The molecule has 96 valence electrons. The van der Waals surface area contributed by atoms with Gasteiger partial charge in [-0.3, -0.25) is 9.59 Å². The van der Waals surface area contributed by atoms with Gasteiger partial charge >= 0.3 is 0 Å². The second kappa shape index (κ2) is 4.64. The summed E-state index contributed by atoms with van der Waals surface area (Å²) in [5.74, 6) is -1.26. The number of anilines is 1. The van der Waals surface area contributed by atoms with Gasteiger partial charge in [0.2, 0.25) is 5.91 Å². The van der Waals surface area contributed by atoms with E-state index in [0.717, 1.165) is 0 Å². The minimum atomic E-state index is -0.584. The van der Waals surface area contributed by atoms with Crippen molar-refractivity contribution in [1.29, 1.82) is 0 Å². The number of carbonyl (C=O) groups is 2. The highest BCUT2D eigenvalue weighted by Crippen LogP contribution is 2.17. The summed E-state index contributed by atoms with van der Waals surface area (Å²) in [7, 11) is 0. The van der Waals surface area contributed by atoms with Gasteiger partial charge < -0.3 is 16.4 Å². The maximum atomic E-state index is 13.8. The molecule has 0 aliphatic carbocycles. The number of nitrogens with one attached hydrogen (secondary N) is 2. The quantitative estimate of drug-likeness (QED) is 0.662. The minimum Gasteiger partial charge on any atom is -0.399 e. The molecule has 1 heterocycles. The highest BCUT2D eigenvalue weighted by atomic mass is 19.1. The molecule has 1 aliphatic rings. The van der Waals surface area contributed by atoms with Crippen LogP contribution in [0.25, 0.3) is 0 Å². The van der Waals surface area contributed by atoms with E-state index in [1.54, 1.807) is 6.92 Å². The number of nitrogen functional groups attached to an aromatic ring is 1. The van der Waals surface area contributed by atoms with Crippen LogP contribution in [0.5, 0.6) is 0 Å². The van der Waals surface area contributed by atoms with Gasteiger partial charge in [0.1, 0.15) is 5.82 Å². The normalized spacial score (nSPS) is 18.6. The van der Waals surface area contributed by atoms with Gasteiger partial charge in [-0.05, 0) is 24.6 Å². The first kappa shape index (κ1) is 12.3. The van der Waals surface area contributed by atoms with Crippen molar-refractivity contribution in [3.63, 3.8) is 0 Å². The SMILES string of the molecule is Cc1cc(N)cc(C(=O)NC2CNC(=O)C2)c1F. The Bertz CT molecular complexity index is 516. The Labute approximate surface area is 104 Å². The number of hydrogen-bond donors (Lipinski definition) is 3. The molecule has 4 N–H and O–H groups in total. The average molecular weight is 251 g/mol. The van der Waals surface area contributed by atoms with E-state index in [2.05, 4.69) is 10.6 Å². The fourth-order valence-electron chi connectivity index (χ4n) is 1.93. The molecule has 6 heteroatoms. The molecule has 18 heavy (non-hydrogen) atoms. The van der Waals surface area contributed by atoms with Crippen molar-refractivity contribution in [1.82, 2.24) is 10.6 Å². The molecule has 5 nitrogen and oxygen atoms in total. The number of amides is 2. The summed E-state index contributed by atoms with van der Waals surface area (Å²) < 4.78 is 13.8. The first-order valence-electron chi connectivity index (χ1n) is 5.60. The first-order chi connectivity index (χ1) is 8.47. The smallest absolute Gasteiger partial charge is 0.254 e. The van der Waals surface area contributed by atoms with Gasteiger partial charge in [-0.2, -0.15) is 0 Å². The highest BCUT2D eigenvalue weighted by molar-refractivity contribution is 5.96. The van der Waals surface area contributed by atoms with Crippen LogP contribution in [0.1, 0.15) is 22.3 Å². The lowest BCUT2D eigenvalue weighted by Crippen LogP contribution is -2.36. The standard InChI is InChI=1S/C12H14FN3O2/c1-6-2-7(14)3-9(11(6)13)12(18)16-8-4-10(17)15-5-8/h2-3,8H,4-5,14H2,1H3,(H,15,17)(H,16,18). The monoisotopic (exact) mass is 251 g/mol. The van der Waals surface area contributed by atoms with Crippen molar-refractivity contribution in [3.8, 4) is 0 Å². The van der Waals surface area contributed by atoms with Gasteiger partial charge in [0.05, 0.1) is 11.6 Å². The highest BCUT2D eigenvalue weighted by Gasteiger charge is 2.24. The number of carbonyl (C=O) groups excluding carboxylic acids is 2. The van der Waals surface area contributed by atoms with Crippen molar-refractivity contribution >= 4 is 17.5 Å². The van der Waals surface area contributed by atoms with Crippen molar-refractivity contribution < 1.29 is 14.0 Å². The molecule has 0 saturated carbocycles. The molecular weight excluding hydrogens is 237 g/mol. The predicted octanol–water partition coefficient (Wildman–Crippen LogP) is 0.335. The van der Waals surface area contributed by atoms with E-state index in [4.69, 9.17) is 5.73 Å². The van der Waals surface area contributed by atoms with Crippen LogP contribution in [0.4, 0.5) is 10.1 Å². The molecule has 1 aliphatic heterocycles. The lowest BCUT2D eigenvalue weighted by Gasteiger charge is -2.12. The second-order valence-corrected chi connectivity index (χ2v) is 4.38. The van der Waals surface area contributed by atoms with Crippen LogP contribution in [0.15, 0.2) is 12.1 Å². The van der Waals surface area contributed by atoms with Gasteiger partial charge in [0, 0.05) is 18.7 Å². The zero-order valence-corrected chi connectivity index (χ0v) is 9.92. The van der Waals surface area contributed by atoms with Crippen molar-refractivity contribution in [2.24, 2.45) is 0 Å². The van der Waals surface area contributed by atoms with Gasteiger partial charge in [0.25, 0.3) is 5.91 Å². The van der Waals surface area contributed by atoms with Gasteiger partial charge in [0.15, 0.2) is 0 Å². The Kier molecular flexibility index (Phi) is 3.18. The Balaban J connectivity index is 2.16. The van der Waals surface area contributed by atoms with Gasteiger partial charge in [-0.25, -0.2) is 4.39 Å². The Morgan fingerprint density at radius 2 is 2.28 bits per heavy atom. The van der Waals surface area contributed by atoms with Crippen LogP contribution in [-0.2, 0) is 4.79 Å². The molecule has 0 bridgehead atoms. The van der Waals surface area contributed by atoms with Crippen molar-refractivity contribution in [3.05, 3.63) is 29.1 Å². The third kappa shape index (κ3) is 2.42. The zero-order chi connectivity index (χ0) is 13.3. The third-order valence-corrected chi connectivity index (χ3v) is 2.83. The van der Waals surface area contributed by atoms with E-state index in [-0.39, 0.29) is 23.9 Å². The minimum absolute atomic E-state index is 0.0909. The topological polar surface area (TPSA) is 84.2 Å². The number of halogens is 1. The van der Waals surface area contributed by atoms with Crippen LogP contribution in [0, 0.1) is 12.7 Å². The Morgan fingerprint density at radius 1 is 1.56 bits per heavy atom. The molecule has 1 aromatic carbocycles. The number of hydrogen-bond acceptors (Lipinski definition) is 3. The molecule has 2 amide bonds. The average Bonchev–Trinajstić information content (AvgIpc) is 2.69. The molecule has 1 fully saturated rings. The number of rotatable bonds is 2. The summed E-state index contributed by atoms with van der Waals surface area (Å²) >= 11 is 0. The maximum absolute atomic E-state index is 13.8. The van der Waals surface area contributed by atoms with Crippen molar-refractivity contribution in [2.45, 2.75) is 19.4 Å².